The van der Waals surface area contributed by atoms with E-state index in [-0.39, 0.29) is 0 Å². The van der Waals surface area contributed by atoms with Crippen LogP contribution in [0.5, 0.6) is 0 Å². The van der Waals surface area contributed by atoms with Crippen LogP contribution in [0.3, 0.4) is 0 Å². The monoisotopic (exact) mass is 235 g/mol. The molecule has 0 atom stereocenters. The van der Waals surface area contributed by atoms with Gasteiger partial charge in [0.2, 0.25) is 0 Å². The van der Waals surface area contributed by atoms with Crippen LogP contribution in [0.15, 0.2) is 28.7 Å². The van der Waals surface area contributed by atoms with Crippen molar-refractivity contribution in [3.05, 3.63) is 40.0 Å². The van der Waals surface area contributed by atoms with Gasteiger partial charge in [-0.1, -0.05) is 22.0 Å². The number of fused-ring (bicyclic) bond motifs is 1. The zero-order valence-electron chi connectivity index (χ0n) is 7.63. The molecule has 13 heavy (non-hydrogen) atoms. The van der Waals surface area contributed by atoms with Crippen molar-refractivity contribution in [3.8, 4) is 0 Å². The van der Waals surface area contributed by atoms with Crippen LogP contribution in [-0.2, 0) is 0 Å². The van der Waals surface area contributed by atoms with E-state index >= 15 is 0 Å². The van der Waals surface area contributed by atoms with E-state index in [2.05, 4.69) is 46.0 Å². The molecule has 0 unspecified atom stereocenters. The highest BCUT2D eigenvalue weighted by Crippen LogP contribution is 2.22. The normalized spacial score (nSPS) is 10.7. The molecule has 0 fully saturated rings. The first-order chi connectivity index (χ1) is 6.16. The molecule has 0 bridgehead atoms. The number of nitrogens with zero attached hydrogens (tertiary/aromatic N) is 1. The molecule has 2 heteroatoms. The third kappa shape index (κ3) is 1.59. The minimum atomic E-state index is 1.06. The van der Waals surface area contributed by atoms with E-state index in [0.29, 0.717) is 0 Å². The Morgan fingerprint density at radius 3 is 2.69 bits per heavy atom. The number of aryl methyl sites for hydroxylation is 2. The minimum Gasteiger partial charge on any atom is -0.253 e. The molecule has 0 aliphatic heterocycles. The van der Waals surface area contributed by atoms with Crippen molar-refractivity contribution in [2.75, 3.05) is 0 Å². The molecule has 0 saturated heterocycles. The van der Waals surface area contributed by atoms with Crippen molar-refractivity contribution < 1.29 is 0 Å². The van der Waals surface area contributed by atoms with Crippen LogP contribution in [0.25, 0.3) is 10.9 Å². The SMILES string of the molecule is Cc1ccc2c(C)cc(Br)cc2n1. The maximum Gasteiger partial charge on any atom is 0.0719 e. The van der Waals surface area contributed by atoms with Gasteiger partial charge in [-0.15, -0.1) is 0 Å². The van der Waals surface area contributed by atoms with Gasteiger partial charge in [-0.2, -0.15) is 0 Å². The average Bonchev–Trinajstić information content (AvgIpc) is 2.02. The third-order valence-corrected chi connectivity index (χ3v) is 2.58. The standard InChI is InChI=1S/C11H10BrN/c1-7-5-9(12)6-11-10(7)4-3-8(2)13-11/h3-6H,1-2H3. The molecule has 66 valence electrons. The first-order valence-electron chi connectivity index (χ1n) is 4.20. The summed E-state index contributed by atoms with van der Waals surface area (Å²) in [6.07, 6.45) is 0. The Balaban J connectivity index is 2.86. The number of halogens is 1. The van der Waals surface area contributed by atoms with Crippen molar-refractivity contribution in [1.29, 1.82) is 0 Å². The van der Waals surface area contributed by atoms with E-state index in [1.165, 1.54) is 10.9 Å². The molecule has 1 heterocycles. The Morgan fingerprint density at radius 1 is 1.15 bits per heavy atom. The van der Waals surface area contributed by atoms with Gasteiger partial charge in [-0.3, -0.25) is 4.98 Å². The summed E-state index contributed by atoms with van der Waals surface area (Å²) in [5.41, 5.74) is 3.38. The second-order valence-electron chi connectivity index (χ2n) is 3.24. The summed E-state index contributed by atoms with van der Waals surface area (Å²) >= 11 is 3.47. The highest BCUT2D eigenvalue weighted by atomic mass is 79.9. The van der Waals surface area contributed by atoms with Gasteiger partial charge in [0.1, 0.15) is 0 Å². The fraction of sp³-hybridized carbons (Fsp3) is 0.182. The summed E-state index contributed by atoms with van der Waals surface area (Å²) in [4.78, 5) is 4.47. The second kappa shape index (κ2) is 3.11. The fourth-order valence-electron chi connectivity index (χ4n) is 1.48. The van der Waals surface area contributed by atoms with Crippen LogP contribution >= 0.6 is 15.9 Å². The molecule has 0 aliphatic rings. The smallest absolute Gasteiger partial charge is 0.0719 e. The topological polar surface area (TPSA) is 12.9 Å². The Morgan fingerprint density at radius 2 is 1.92 bits per heavy atom. The number of benzene rings is 1. The quantitative estimate of drug-likeness (QED) is 0.680. The lowest BCUT2D eigenvalue weighted by atomic mass is 10.1. The van der Waals surface area contributed by atoms with Crippen LogP contribution < -0.4 is 0 Å². The van der Waals surface area contributed by atoms with Gasteiger partial charge in [0.15, 0.2) is 0 Å². The number of pyridine rings is 1. The zero-order chi connectivity index (χ0) is 9.42. The predicted octanol–water partition coefficient (Wildman–Crippen LogP) is 3.61. The molecule has 0 amide bonds. The molecule has 1 aromatic carbocycles. The van der Waals surface area contributed by atoms with E-state index in [4.69, 9.17) is 0 Å². The van der Waals surface area contributed by atoms with Gasteiger partial charge in [-0.25, -0.2) is 0 Å². The molecule has 0 spiro atoms. The highest BCUT2D eigenvalue weighted by molar-refractivity contribution is 9.10. The van der Waals surface area contributed by atoms with E-state index in [1.54, 1.807) is 0 Å². The number of rotatable bonds is 0. The van der Waals surface area contributed by atoms with Crippen molar-refractivity contribution >= 4 is 26.8 Å². The van der Waals surface area contributed by atoms with E-state index in [1.807, 2.05) is 13.0 Å². The summed E-state index contributed by atoms with van der Waals surface area (Å²) in [7, 11) is 0. The van der Waals surface area contributed by atoms with E-state index in [0.717, 1.165) is 15.7 Å². The first-order valence-corrected chi connectivity index (χ1v) is 4.99. The lowest BCUT2D eigenvalue weighted by molar-refractivity contribution is 1.25. The predicted molar refractivity (Wildman–Crippen MR) is 58.9 cm³/mol. The molecule has 0 radical (unpaired) electrons. The molecule has 1 nitrogen and oxygen atoms in total. The number of hydrogen-bond donors (Lipinski definition) is 0. The fourth-order valence-corrected chi connectivity index (χ4v) is 2.04. The molecule has 2 aromatic rings. The number of hydrogen-bond acceptors (Lipinski definition) is 1. The largest absolute Gasteiger partial charge is 0.253 e. The van der Waals surface area contributed by atoms with Crippen LogP contribution in [0.1, 0.15) is 11.3 Å². The van der Waals surface area contributed by atoms with Crippen molar-refractivity contribution in [3.63, 3.8) is 0 Å². The number of aromatic nitrogens is 1. The molecular formula is C11H10BrN. The lowest BCUT2D eigenvalue weighted by Gasteiger charge is -2.03. The van der Waals surface area contributed by atoms with Gasteiger partial charge < -0.3 is 0 Å². The van der Waals surface area contributed by atoms with Crippen LogP contribution in [-0.4, -0.2) is 4.98 Å². The van der Waals surface area contributed by atoms with E-state index < -0.39 is 0 Å². The summed E-state index contributed by atoms with van der Waals surface area (Å²) in [6.45, 7) is 4.11. The van der Waals surface area contributed by atoms with Crippen molar-refractivity contribution in [2.24, 2.45) is 0 Å². The first kappa shape index (κ1) is 8.70. The Labute approximate surface area is 85.9 Å². The maximum atomic E-state index is 4.47. The second-order valence-corrected chi connectivity index (χ2v) is 4.16. The van der Waals surface area contributed by atoms with Crippen molar-refractivity contribution in [1.82, 2.24) is 4.98 Å². The summed E-state index contributed by atoms with van der Waals surface area (Å²) in [5.74, 6) is 0. The third-order valence-electron chi connectivity index (χ3n) is 2.12. The Kier molecular flexibility index (Phi) is 2.08. The van der Waals surface area contributed by atoms with Crippen LogP contribution in [0.2, 0.25) is 0 Å². The summed E-state index contributed by atoms with van der Waals surface area (Å²) in [5, 5.41) is 1.23. The Bertz CT molecular complexity index is 458. The van der Waals surface area contributed by atoms with Gasteiger partial charge in [0.25, 0.3) is 0 Å². The molecule has 0 saturated carbocycles. The molecule has 0 N–H and O–H groups in total. The summed E-state index contributed by atoms with van der Waals surface area (Å²) in [6, 6.07) is 8.33. The van der Waals surface area contributed by atoms with Crippen LogP contribution in [0, 0.1) is 13.8 Å². The van der Waals surface area contributed by atoms with E-state index in [9.17, 15) is 0 Å². The van der Waals surface area contributed by atoms with Crippen LogP contribution in [0.4, 0.5) is 0 Å². The van der Waals surface area contributed by atoms with Gasteiger partial charge in [0, 0.05) is 15.6 Å². The molecule has 2 rings (SSSR count). The Hall–Kier alpha value is -0.890. The summed E-state index contributed by atoms with van der Waals surface area (Å²) < 4.78 is 1.09. The van der Waals surface area contributed by atoms with Gasteiger partial charge in [-0.05, 0) is 37.6 Å². The average molecular weight is 236 g/mol. The maximum absolute atomic E-state index is 4.47. The minimum absolute atomic E-state index is 1.06. The highest BCUT2D eigenvalue weighted by Gasteiger charge is 2.00. The lowest BCUT2D eigenvalue weighted by Crippen LogP contribution is -1.85. The zero-order valence-corrected chi connectivity index (χ0v) is 9.22. The van der Waals surface area contributed by atoms with Gasteiger partial charge >= 0.3 is 0 Å². The van der Waals surface area contributed by atoms with Crippen molar-refractivity contribution in [2.45, 2.75) is 13.8 Å². The molecule has 1 aromatic heterocycles. The molecular weight excluding hydrogens is 226 g/mol. The van der Waals surface area contributed by atoms with Gasteiger partial charge in [0.05, 0.1) is 5.52 Å². The molecule has 0 aliphatic carbocycles.